The molecule has 1 aromatic carbocycles. The summed E-state index contributed by atoms with van der Waals surface area (Å²) >= 11 is 0. The summed E-state index contributed by atoms with van der Waals surface area (Å²) < 4.78 is 27.9. The van der Waals surface area contributed by atoms with Gasteiger partial charge >= 0.3 is 0 Å². The molecule has 0 radical (unpaired) electrons. The molecule has 1 atom stereocenters. The van der Waals surface area contributed by atoms with Gasteiger partial charge in [-0.2, -0.15) is 4.31 Å². The minimum absolute atomic E-state index is 0.144. The van der Waals surface area contributed by atoms with Crippen molar-refractivity contribution in [2.45, 2.75) is 43.0 Å². The predicted octanol–water partition coefficient (Wildman–Crippen LogP) is 3.10. The van der Waals surface area contributed by atoms with Gasteiger partial charge in [0.05, 0.1) is 16.6 Å². The van der Waals surface area contributed by atoms with Crippen LogP contribution in [0.3, 0.4) is 0 Å². The van der Waals surface area contributed by atoms with Crippen LogP contribution in [0.15, 0.2) is 47.5 Å². The van der Waals surface area contributed by atoms with E-state index in [9.17, 15) is 8.42 Å². The third kappa shape index (κ3) is 2.58. The van der Waals surface area contributed by atoms with E-state index in [0.29, 0.717) is 11.4 Å². The quantitative estimate of drug-likeness (QED) is 0.870. The van der Waals surface area contributed by atoms with Crippen LogP contribution in [0, 0.1) is 0 Å². The van der Waals surface area contributed by atoms with Crippen LogP contribution < -0.4 is 0 Å². The Balaban J connectivity index is 1.70. The van der Waals surface area contributed by atoms with Crippen LogP contribution in [-0.2, 0) is 22.9 Å². The van der Waals surface area contributed by atoms with E-state index in [2.05, 4.69) is 4.98 Å². The molecule has 1 aliphatic heterocycles. The monoisotopic (exact) mass is 328 g/mol. The second-order valence-electron chi connectivity index (χ2n) is 6.31. The lowest BCUT2D eigenvalue weighted by Crippen LogP contribution is -2.31. The van der Waals surface area contributed by atoms with E-state index in [1.807, 2.05) is 30.3 Å². The lowest BCUT2D eigenvalue weighted by molar-refractivity contribution is 0.390. The molecule has 23 heavy (non-hydrogen) atoms. The lowest BCUT2D eigenvalue weighted by atomic mass is 10.1. The maximum Gasteiger partial charge on any atom is 0.243 e. The van der Waals surface area contributed by atoms with Crippen molar-refractivity contribution in [3.63, 3.8) is 0 Å². The Morgan fingerprint density at radius 1 is 1.04 bits per heavy atom. The molecule has 0 saturated carbocycles. The smallest absolute Gasteiger partial charge is 0.243 e. The van der Waals surface area contributed by atoms with Crippen molar-refractivity contribution in [2.75, 3.05) is 6.54 Å². The zero-order valence-corrected chi connectivity index (χ0v) is 13.8. The Bertz CT molecular complexity index is 818. The highest BCUT2D eigenvalue weighted by molar-refractivity contribution is 7.89. The molecule has 0 N–H and O–H groups in total. The largest absolute Gasteiger partial charge is 0.260 e. The van der Waals surface area contributed by atoms with Gasteiger partial charge in [0.15, 0.2) is 0 Å². The van der Waals surface area contributed by atoms with Gasteiger partial charge in [0.1, 0.15) is 0 Å². The minimum Gasteiger partial charge on any atom is -0.260 e. The van der Waals surface area contributed by atoms with Gasteiger partial charge in [-0.25, -0.2) is 8.42 Å². The number of benzene rings is 1. The van der Waals surface area contributed by atoms with Crippen LogP contribution in [0.4, 0.5) is 0 Å². The topological polar surface area (TPSA) is 50.3 Å². The van der Waals surface area contributed by atoms with Crippen LogP contribution in [0.25, 0.3) is 0 Å². The number of sulfonamides is 1. The zero-order valence-electron chi connectivity index (χ0n) is 13.0. The van der Waals surface area contributed by atoms with Crippen molar-refractivity contribution < 1.29 is 8.42 Å². The summed E-state index contributed by atoms with van der Waals surface area (Å²) in [5, 5.41) is 0. The maximum absolute atomic E-state index is 13.1. The Kier molecular flexibility index (Phi) is 3.70. The molecule has 4 rings (SSSR count). The molecule has 1 aliphatic carbocycles. The van der Waals surface area contributed by atoms with Crippen LogP contribution >= 0.6 is 0 Å². The predicted molar refractivity (Wildman–Crippen MR) is 88.6 cm³/mol. The van der Waals surface area contributed by atoms with E-state index >= 15 is 0 Å². The van der Waals surface area contributed by atoms with Crippen molar-refractivity contribution in [2.24, 2.45) is 0 Å². The van der Waals surface area contributed by atoms with E-state index in [-0.39, 0.29) is 6.04 Å². The molecule has 1 saturated heterocycles. The highest BCUT2D eigenvalue weighted by Crippen LogP contribution is 2.36. The van der Waals surface area contributed by atoms with Crippen LogP contribution in [0.1, 0.15) is 42.1 Å². The number of pyridine rings is 1. The summed E-state index contributed by atoms with van der Waals surface area (Å²) in [6.07, 6.45) is 6.62. The Morgan fingerprint density at radius 2 is 1.91 bits per heavy atom. The molecule has 1 unspecified atom stereocenters. The van der Waals surface area contributed by atoms with Crippen LogP contribution in [0.2, 0.25) is 0 Å². The molecule has 1 aromatic heterocycles. The van der Waals surface area contributed by atoms with E-state index in [1.54, 1.807) is 16.6 Å². The number of fused-ring (bicyclic) bond motifs is 1. The van der Waals surface area contributed by atoms with E-state index in [1.165, 1.54) is 11.1 Å². The van der Waals surface area contributed by atoms with Crippen molar-refractivity contribution >= 4 is 10.0 Å². The molecule has 0 bridgehead atoms. The molecular formula is C18H20N2O2S. The average Bonchev–Trinajstić information content (AvgIpc) is 3.24. The Labute approximate surface area is 137 Å². The van der Waals surface area contributed by atoms with Gasteiger partial charge < -0.3 is 0 Å². The first-order valence-electron chi connectivity index (χ1n) is 8.21. The summed E-state index contributed by atoms with van der Waals surface area (Å²) in [7, 11) is -3.46. The van der Waals surface area contributed by atoms with Crippen molar-refractivity contribution in [3.8, 4) is 0 Å². The van der Waals surface area contributed by atoms with Gasteiger partial charge in [-0.3, -0.25) is 4.98 Å². The number of hydrogen-bond donors (Lipinski definition) is 0. The van der Waals surface area contributed by atoms with Gasteiger partial charge in [-0.15, -0.1) is 0 Å². The van der Waals surface area contributed by atoms with Crippen molar-refractivity contribution in [1.82, 2.24) is 9.29 Å². The number of rotatable bonds is 3. The minimum atomic E-state index is -3.46. The normalized spacial score (nSPS) is 21.5. The third-order valence-electron chi connectivity index (χ3n) is 4.91. The molecule has 4 nitrogen and oxygen atoms in total. The second kappa shape index (κ2) is 5.73. The fourth-order valence-corrected chi connectivity index (χ4v) is 5.46. The van der Waals surface area contributed by atoms with Crippen LogP contribution in [-0.4, -0.2) is 24.3 Å². The second-order valence-corrected chi connectivity index (χ2v) is 8.20. The number of hydrogen-bond acceptors (Lipinski definition) is 3. The molecule has 0 spiro atoms. The highest BCUT2D eigenvalue weighted by Gasteiger charge is 2.37. The number of nitrogens with zero attached hydrogens (tertiary/aromatic N) is 2. The van der Waals surface area contributed by atoms with Gasteiger partial charge in [0.25, 0.3) is 0 Å². The maximum atomic E-state index is 13.1. The molecule has 120 valence electrons. The first-order chi connectivity index (χ1) is 11.2. The average molecular weight is 328 g/mol. The third-order valence-corrected chi connectivity index (χ3v) is 6.81. The zero-order chi connectivity index (χ0) is 15.9. The first-order valence-corrected chi connectivity index (χ1v) is 9.65. The fraction of sp³-hybridized carbons (Fsp3) is 0.389. The summed E-state index contributed by atoms with van der Waals surface area (Å²) in [5.41, 5.74) is 3.33. The van der Waals surface area contributed by atoms with E-state index in [0.717, 1.165) is 37.8 Å². The summed E-state index contributed by atoms with van der Waals surface area (Å²) in [6, 6.07) is 11.2. The van der Waals surface area contributed by atoms with Crippen LogP contribution in [0.5, 0.6) is 0 Å². The number of aromatic nitrogens is 1. The Hall–Kier alpha value is -1.72. The summed E-state index contributed by atoms with van der Waals surface area (Å²) in [4.78, 5) is 4.80. The fourth-order valence-electron chi connectivity index (χ4n) is 3.74. The molecule has 2 aromatic rings. The highest BCUT2D eigenvalue weighted by atomic mass is 32.2. The Morgan fingerprint density at radius 3 is 2.74 bits per heavy atom. The molecule has 5 heteroatoms. The van der Waals surface area contributed by atoms with E-state index < -0.39 is 10.0 Å². The molecule has 1 fully saturated rings. The van der Waals surface area contributed by atoms with Gasteiger partial charge in [-0.05, 0) is 67.5 Å². The number of aryl methyl sites for hydroxylation is 2. The SMILES string of the molecule is O=S(=O)(c1ccc2c(c1)CCC2)N1CCCC1c1ccccn1. The van der Waals surface area contributed by atoms with Crippen molar-refractivity contribution in [3.05, 3.63) is 59.4 Å². The van der Waals surface area contributed by atoms with E-state index in [4.69, 9.17) is 0 Å². The van der Waals surface area contributed by atoms with Crippen molar-refractivity contribution in [1.29, 1.82) is 0 Å². The van der Waals surface area contributed by atoms with Gasteiger partial charge in [-0.1, -0.05) is 12.1 Å². The molecule has 2 aliphatic rings. The standard InChI is InChI=1S/C18H20N2O2S/c21-23(22,16-10-9-14-5-3-6-15(14)13-16)20-12-4-8-18(20)17-7-1-2-11-19-17/h1-2,7,9-11,13,18H,3-6,8,12H2. The lowest BCUT2D eigenvalue weighted by Gasteiger charge is -2.24. The van der Waals surface area contributed by atoms with Gasteiger partial charge in [0.2, 0.25) is 10.0 Å². The molecule has 2 heterocycles. The first kappa shape index (κ1) is 14.8. The van der Waals surface area contributed by atoms with Gasteiger partial charge in [0, 0.05) is 12.7 Å². The molecule has 0 amide bonds. The summed E-state index contributed by atoms with van der Waals surface area (Å²) in [6.45, 7) is 0.570. The molecular weight excluding hydrogens is 308 g/mol. The summed E-state index contributed by atoms with van der Waals surface area (Å²) in [5.74, 6) is 0.